The fourth-order valence-corrected chi connectivity index (χ4v) is 10.7. The summed E-state index contributed by atoms with van der Waals surface area (Å²) in [6, 6.07) is 12.7. The minimum atomic E-state index is -1.18. The zero-order chi connectivity index (χ0) is 53.1. The van der Waals surface area contributed by atoms with Crippen LogP contribution in [0.25, 0.3) is 33.3 Å². The van der Waals surface area contributed by atoms with Crippen molar-refractivity contribution in [2.24, 2.45) is 23.2 Å². The third-order valence-electron chi connectivity index (χ3n) is 15.3. The molecule has 1 aliphatic carbocycles. The van der Waals surface area contributed by atoms with Crippen LogP contribution in [0, 0.1) is 35.0 Å². The maximum absolute atomic E-state index is 15.0. The lowest BCUT2D eigenvalue weighted by molar-refractivity contribution is -0.155. The minimum Gasteiger partial charge on any atom is -0.464 e. The van der Waals surface area contributed by atoms with Gasteiger partial charge in [-0.05, 0) is 150 Å². The second-order valence-corrected chi connectivity index (χ2v) is 22.2. The van der Waals surface area contributed by atoms with Gasteiger partial charge in [0.25, 0.3) is 5.91 Å². The second-order valence-electron chi connectivity index (χ2n) is 22.2. The molecule has 3 aliphatic rings. The van der Waals surface area contributed by atoms with Gasteiger partial charge in [-0.2, -0.15) is 0 Å². The SMILES string of the molecule is CCn1c(-c2cccnc2[C@H](C)OC)c2c3cc(ccc31)-c1cc(CF)cc(c1)C[C@H](NC(=O)[C@H](C(C)C)N(C)C(=O)[C@H]1CCC(C(=O)C#CC(C)(C)N(C)C)C1)C(=O)N1CCC[C@H](N1)C(=O)OCC(C)(C)C2. The number of carbonyl (C=O) groups excluding carboxylic acids is 5. The van der Waals surface area contributed by atoms with Crippen molar-refractivity contribution in [2.45, 2.75) is 143 Å². The van der Waals surface area contributed by atoms with Crippen LogP contribution in [0.2, 0.25) is 0 Å². The number of esters is 1. The Balaban J connectivity index is 1.27. The Hall–Kier alpha value is -5.95. The van der Waals surface area contributed by atoms with Crippen molar-refractivity contribution < 1.29 is 37.8 Å². The van der Waals surface area contributed by atoms with Crippen molar-refractivity contribution in [1.29, 1.82) is 0 Å². The van der Waals surface area contributed by atoms with Crippen LogP contribution in [0.3, 0.4) is 0 Å². The number of methoxy groups -OCH3 is 1. The van der Waals surface area contributed by atoms with Gasteiger partial charge in [0.15, 0.2) is 0 Å². The summed E-state index contributed by atoms with van der Waals surface area (Å²) in [5, 5.41) is 5.41. The number of amides is 3. The molecule has 1 saturated heterocycles. The molecule has 3 amide bonds. The summed E-state index contributed by atoms with van der Waals surface area (Å²) in [7, 11) is 7.08. The summed E-state index contributed by atoms with van der Waals surface area (Å²) in [6.45, 7) is 16.0. The Kier molecular flexibility index (Phi) is 17.0. The molecule has 1 saturated carbocycles. The highest BCUT2D eigenvalue weighted by atomic mass is 19.1. The summed E-state index contributed by atoms with van der Waals surface area (Å²) in [5.74, 6) is 2.72. The lowest BCUT2D eigenvalue weighted by Gasteiger charge is -2.37. The number of Topliss-reactive ketones (excluding diaryl/α,β-unsaturated/α-hetero) is 1. The number of likely N-dealkylation sites (N-methyl/N-ethyl adjacent to an activating group) is 1. The van der Waals surface area contributed by atoms with E-state index in [-0.39, 0.29) is 49.2 Å². The number of hydrogen-bond acceptors (Lipinski definition) is 10. The van der Waals surface area contributed by atoms with Crippen molar-refractivity contribution in [3.63, 3.8) is 0 Å². The number of hydrogen-bond donors (Lipinski definition) is 2. The van der Waals surface area contributed by atoms with Gasteiger partial charge in [-0.15, -0.1) is 0 Å². The second kappa shape index (κ2) is 22.7. The largest absolute Gasteiger partial charge is 0.464 e. The van der Waals surface area contributed by atoms with Gasteiger partial charge in [0.2, 0.25) is 17.6 Å². The van der Waals surface area contributed by atoms with Crippen LogP contribution >= 0.6 is 0 Å². The van der Waals surface area contributed by atoms with Crippen LogP contribution in [0.5, 0.6) is 0 Å². The molecule has 7 rings (SSSR count). The molecule has 1 unspecified atom stereocenters. The van der Waals surface area contributed by atoms with Crippen molar-refractivity contribution in [3.05, 3.63) is 77.1 Å². The van der Waals surface area contributed by atoms with Gasteiger partial charge >= 0.3 is 5.97 Å². The Morgan fingerprint density at radius 3 is 2.45 bits per heavy atom. The van der Waals surface area contributed by atoms with Gasteiger partial charge in [0.05, 0.1) is 29.6 Å². The van der Waals surface area contributed by atoms with Crippen molar-refractivity contribution in [3.8, 4) is 34.2 Å². The van der Waals surface area contributed by atoms with Gasteiger partial charge < -0.3 is 24.3 Å². The number of carbonyl (C=O) groups is 5. The fourth-order valence-electron chi connectivity index (χ4n) is 10.7. The van der Waals surface area contributed by atoms with Gasteiger partial charge in [-0.25, -0.2) is 9.82 Å². The lowest BCUT2D eigenvalue weighted by Crippen LogP contribution is -2.62. The highest BCUT2D eigenvalue weighted by Gasteiger charge is 2.41. The molecule has 392 valence electrons. The number of nitrogens with one attached hydrogen (secondary N) is 2. The first-order chi connectivity index (χ1) is 34.6. The van der Waals surface area contributed by atoms with E-state index in [2.05, 4.69) is 66.1 Å². The molecule has 73 heavy (non-hydrogen) atoms. The van der Waals surface area contributed by atoms with Crippen molar-refractivity contribution in [1.82, 2.24) is 35.1 Å². The van der Waals surface area contributed by atoms with E-state index < -0.39 is 59.5 Å². The van der Waals surface area contributed by atoms with Crippen molar-refractivity contribution >= 4 is 40.4 Å². The van der Waals surface area contributed by atoms with Crippen LogP contribution in [0.4, 0.5) is 4.39 Å². The summed E-state index contributed by atoms with van der Waals surface area (Å²) in [5.41, 5.74) is 9.46. The molecule has 0 spiro atoms. The Labute approximate surface area is 431 Å². The molecule has 14 nitrogen and oxygen atoms in total. The molecule has 15 heteroatoms. The van der Waals surface area contributed by atoms with E-state index in [9.17, 15) is 24.0 Å². The third kappa shape index (κ3) is 12.0. The predicted octanol–water partition coefficient (Wildman–Crippen LogP) is 8.03. The highest BCUT2D eigenvalue weighted by molar-refractivity contribution is 5.99. The average molecular weight is 1000 g/mol. The first kappa shape index (κ1) is 54.8. The molecule has 2 aliphatic heterocycles. The number of ether oxygens (including phenoxy) is 2. The number of alkyl halides is 1. The lowest BCUT2D eigenvalue weighted by atomic mass is 9.84. The number of aromatic nitrogens is 2. The van der Waals surface area contributed by atoms with E-state index in [1.165, 1.54) is 9.91 Å². The summed E-state index contributed by atoms with van der Waals surface area (Å²) < 4.78 is 29.3. The molecule has 6 bridgehead atoms. The fraction of sp³-hybridized carbons (Fsp3) is 0.552. The Morgan fingerprint density at radius 2 is 1.77 bits per heavy atom. The molecule has 6 atom stereocenters. The first-order valence-electron chi connectivity index (χ1n) is 26.0. The number of fused-ring (bicyclic) bond motifs is 6. The number of pyridine rings is 1. The van der Waals surface area contributed by atoms with E-state index in [0.717, 1.165) is 44.5 Å². The summed E-state index contributed by atoms with van der Waals surface area (Å²) >= 11 is 0. The topological polar surface area (TPSA) is 155 Å². The first-order valence-corrected chi connectivity index (χ1v) is 26.0. The van der Waals surface area contributed by atoms with E-state index in [4.69, 9.17) is 14.5 Å². The molecule has 2 N–H and O–H groups in total. The zero-order valence-corrected chi connectivity index (χ0v) is 45.0. The quantitative estimate of drug-likeness (QED) is 0.0810. The van der Waals surface area contributed by atoms with Gasteiger partial charge in [0, 0.05) is 73.6 Å². The third-order valence-corrected chi connectivity index (χ3v) is 15.3. The van der Waals surface area contributed by atoms with Crippen molar-refractivity contribution in [2.75, 3.05) is 41.4 Å². The molecule has 2 fully saturated rings. The van der Waals surface area contributed by atoms with Gasteiger partial charge in [-0.3, -0.25) is 38.9 Å². The average Bonchev–Trinajstić information content (AvgIpc) is 3.98. The molecule has 4 heterocycles. The van der Waals surface area contributed by atoms with Gasteiger partial charge in [0.1, 0.15) is 24.8 Å². The van der Waals surface area contributed by atoms with Crippen LogP contribution in [0.15, 0.2) is 54.7 Å². The van der Waals surface area contributed by atoms with E-state index >= 15 is 4.39 Å². The number of aryl methyl sites for hydroxylation is 1. The number of cyclic esters (lactones) is 1. The minimum absolute atomic E-state index is 0.0151. The molecule has 2 aromatic heterocycles. The number of nitrogens with zero attached hydrogens (tertiary/aromatic N) is 5. The normalized spacial score (nSPS) is 21.3. The van der Waals surface area contributed by atoms with E-state index in [1.807, 2.05) is 77.9 Å². The highest BCUT2D eigenvalue weighted by Crippen LogP contribution is 2.42. The maximum atomic E-state index is 15.0. The number of halogens is 1. The molecule has 4 aromatic rings. The Bertz CT molecular complexity index is 2790. The number of rotatable bonds is 12. The van der Waals surface area contributed by atoms with E-state index in [1.54, 1.807) is 26.4 Å². The molecule has 2 aromatic carbocycles. The molecular weight excluding hydrogens is 926 g/mol. The zero-order valence-electron chi connectivity index (χ0n) is 45.0. The van der Waals surface area contributed by atoms with Crippen LogP contribution in [-0.2, 0) is 59.5 Å². The van der Waals surface area contributed by atoms with Crippen LogP contribution < -0.4 is 10.7 Å². The van der Waals surface area contributed by atoms with Crippen LogP contribution in [0.1, 0.15) is 116 Å². The number of hydrazine groups is 1. The number of benzene rings is 2. The molecule has 0 radical (unpaired) electrons. The predicted molar refractivity (Wildman–Crippen MR) is 281 cm³/mol. The number of ketones is 1. The van der Waals surface area contributed by atoms with Crippen LogP contribution in [-0.4, -0.2) is 119 Å². The van der Waals surface area contributed by atoms with Gasteiger partial charge in [-0.1, -0.05) is 51.8 Å². The summed E-state index contributed by atoms with van der Waals surface area (Å²) in [6.07, 6.45) is 4.25. The Morgan fingerprint density at radius 1 is 1.03 bits per heavy atom. The smallest absolute Gasteiger partial charge is 0.324 e. The standard InChI is InChI=1S/C58H76FN7O7/c1-13-65-48-21-20-39-31-44(48)45(52(65)43-16-14-24-60-50(43)36(4)72-12)32-57(5,6)34-73-56(71)46-17-15-25-66(62-46)55(70)47(29-37-26-38(33-59)28-42(39)27-37)61-53(68)51(35(2)3)64(11)54(69)41-19-18-40(30-41)49(67)22-23-58(7,8)63(9)10/h14,16,20-21,24,26-28,31,35-36,40-41,46-47,51,62H,13,15,17-19,25,29-30,32-34H2,1-12H3,(H,61,68)/t36-,40?,41-,46-,47-,51-/m0/s1. The molecular formula is C58H76FN7O7. The summed E-state index contributed by atoms with van der Waals surface area (Å²) in [4.78, 5) is 79.3. The maximum Gasteiger partial charge on any atom is 0.324 e. The monoisotopic (exact) mass is 1000 g/mol. The van der Waals surface area contributed by atoms with E-state index in [0.29, 0.717) is 56.2 Å².